The molecule has 0 saturated carbocycles. The molecule has 10 heteroatoms. The molecule has 2 heterocycles. The van der Waals surface area contributed by atoms with Crippen molar-refractivity contribution in [2.24, 2.45) is 0 Å². The minimum absolute atomic E-state index is 0.0256. The highest BCUT2D eigenvalue weighted by atomic mass is 32.2. The van der Waals surface area contributed by atoms with Gasteiger partial charge in [0.2, 0.25) is 0 Å². The summed E-state index contributed by atoms with van der Waals surface area (Å²) in [4.78, 5) is 14.6. The zero-order valence-electron chi connectivity index (χ0n) is 13.8. The summed E-state index contributed by atoms with van der Waals surface area (Å²) in [7, 11) is -3.48. The molecule has 3 rings (SSSR count). The van der Waals surface area contributed by atoms with E-state index in [1.54, 1.807) is 12.5 Å². The van der Waals surface area contributed by atoms with E-state index in [1.807, 2.05) is 35.0 Å². The number of imidazole rings is 1. The number of aromatic nitrogens is 2. The highest BCUT2D eigenvalue weighted by Crippen LogP contribution is 2.37. The topological polar surface area (TPSA) is 107 Å². The van der Waals surface area contributed by atoms with Gasteiger partial charge in [0.15, 0.2) is 14.8 Å². The molecule has 2 aromatic heterocycles. The van der Waals surface area contributed by atoms with E-state index in [-0.39, 0.29) is 14.9 Å². The quantitative estimate of drug-likeness (QED) is 0.489. The van der Waals surface area contributed by atoms with Gasteiger partial charge in [0, 0.05) is 37.8 Å². The van der Waals surface area contributed by atoms with E-state index in [1.165, 1.54) is 0 Å². The van der Waals surface area contributed by atoms with Gasteiger partial charge in [0.1, 0.15) is 4.21 Å². The van der Waals surface area contributed by atoms with Crippen LogP contribution in [0.15, 0.2) is 53.3 Å². The first-order valence-electron chi connectivity index (χ1n) is 7.58. The highest BCUT2D eigenvalue weighted by molar-refractivity contribution is 7.92. The number of nitrogens with one attached hydrogen (secondary N) is 1. The van der Waals surface area contributed by atoms with Crippen LogP contribution >= 0.6 is 11.3 Å². The normalized spacial score (nSPS) is 11.4. The van der Waals surface area contributed by atoms with Crippen LogP contribution in [0.4, 0.5) is 10.7 Å². The maximum absolute atomic E-state index is 11.6. The zero-order valence-corrected chi connectivity index (χ0v) is 15.5. The molecule has 0 aliphatic heterocycles. The molecule has 0 atom stereocenters. The van der Waals surface area contributed by atoms with Crippen molar-refractivity contribution in [1.29, 1.82) is 0 Å². The van der Waals surface area contributed by atoms with Crippen molar-refractivity contribution in [3.63, 3.8) is 0 Å². The molecule has 0 aliphatic carbocycles. The molecule has 0 bridgehead atoms. The Morgan fingerprint density at radius 2 is 1.96 bits per heavy atom. The summed E-state index contributed by atoms with van der Waals surface area (Å²) < 4.78 is 25.2. The van der Waals surface area contributed by atoms with Gasteiger partial charge in [-0.15, -0.1) is 0 Å². The van der Waals surface area contributed by atoms with Gasteiger partial charge in [-0.3, -0.25) is 10.1 Å². The number of anilines is 1. The van der Waals surface area contributed by atoms with Gasteiger partial charge in [-0.2, -0.15) is 0 Å². The predicted octanol–water partition coefficient (Wildman–Crippen LogP) is 2.92. The number of nitro groups is 1. The van der Waals surface area contributed by atoms with Gasteiger partial charge >= 0.3 is 5.69 Å². The smallest absolute Gasteiger partial charge is 0.304 e. The summed E-state index contributed by atoms with van der Waals surface area (Å²) in [5.74, 6) is 0. The van der Waals surface area contributed by atoms with E-state index in [4.69, 9.17) is 0 Å². The summed E-state index contributed by atoms with van der Waals surface area (Å²) in [6, 6.07) is 8.90. The van der Waals surface area contributed by atoms with Gasteiger partial charge in [-0.1, -0.05) is 35.6 Å². The molecule has 0 fully saturated rings. The average Bonchev–Trinajstić information content (AvgIpc) is 3.23. The third-order valence-corrected chi connectivity index (χ3v) is 6.54. The molecule has 0 amide bonds. The first-order valence-corrected chi connectivity index (χ1v) is 10.3. The SMILES string of the molecule is CS(=O)(=O)c1cc([N+](=O)[O-])c(NCc2ccc(Cn3ccnc3)cc2)s1. The zero-order chi connectivity index (χ0) is 18.7. The third-order valence-electron chi connectivity index (χ3n) is 3.65. The van der Waals surface area contributed by atoms with Crippen LogP contribution < -0.4 is 5.32 Å². The Labute approximate surface area is 154 Å². The highest BCUT2D eigenvalue weighted by Gasteiger charge is 2.23. The number of thiophene rings is 1. The van der Waals surface area contributed by atoms with Gasteiger partial charge < -0.3 is 9.88 Å². The van der Waals surface area contributed by atoms with Crippen LogP contribution in [-0.4, -0.2) is 29.1 Å². The fourth-order valence-corrected chi connectivity index (χ4v) is 4.28. The Balaban J connectivity index is 1.70. The van der Waals surface area contributed by atoms with Crippen molar-refractivity contribution in [1.82, 2.24) is 9.55 Å². The lowest BCUT2D eigenvalue weighted by Gasteiger charge is -2.06. The Morgan fingerprint density at radius 1 is 1.27 bits per heavy atom. The first kappa shape index (κ1) is 18.1. The van der Waals surface area contributed by atoms with Crippen molar-refractivity contribution in [3.05, 3.63) is 70.3 Å². The molecule has 136 valence electrons. The Kier molecular flexibility index (Phi) is 5.05. The molecule has 8 nitrogen and oxygen atoms in total. The molecule has 0 aliphatic rings. The largest absolute Gasteiger partial charge is 0.367 e. The van der Waals surface area contributed by atoms with E-state index < -0.39 is 14.8 Å². The lowest BCUT2D eigenvalue weighted by molar-refractivity contribution is -0.383. The number of hydrogen-bond acceptors (Lipinski definition) is 7. The minimum atomic E-state index is -3.48. The number of hydrogen-bond donors (Lipinski definition) is 1. The summed E-state index contributed by atoms with van der Waals surface area (Å²) in [6.45, 7) is 1.07. The lowest BCUT2D eigenvalue weighted by atomic mass is 10.1. The van der Waals surface area contributed by atoms with Crippen molar-refractivity contribution < 1.29 is 13.3 Å². The van der Waals surface area contributed by atoms with Crippen LogP contribution in [-0.2, 0) is 22.9 Å². The number of sulfone groups is 1. The summed E-state index contributed by atoms with van der Waals surface area (Å²) in [5, 5.41) is 14.3. The molecule has 0 spiro atoms. The number of nitrogens with zero attached hydrogens (tertiary/aromatic N) is 3. The molecular formula is C16H16N4O4S2. The molecule has 0 saturated heterocycles. The Hall–Kier alpha value is -2.72. The molecule has 26 heavy (non-hydrogen) atoms. The van der Waals surface area contributed by atoms with Crippen LogP contribution in [0.2, 0.25) is 0 Å². The van der Waals surface area contributed by atoms with Crippen LogP contribution in [0.1, 0.15) is 11.1 Å². The first-order chi connectivity index (χ1) is 12.3. The lowest BCUT2D eigenvalue weighted by Crippen LogP contribution is -2.01. The van der Waals surface area contributed by atoms with Crippen molar-refractivity contribution in [3.8, 4) is 0 Å². The summed E-state index contributed by atoms with van der Waals surface area (Å²) in [5.41, 5.74) is 1.81. The maximum atomic E-state index is 11.6. The standard InChI is InChI=1S/C16H16N4O4S2/c1-26(23,24)15-8-14(20(21)22)16(25-15)18-9-12-2-4-13(5-3-12)10-19-7-6-17-11-19/h2-8,11,18H,9-10H2,1H3. The number of benzene rings is 1. The second-order valence-corrected chi connectivity index (χ2v) is 9.01. The van der Waals surface area contributed by atoms with Crippen LogP contribution in [0, 0.1) is 10.1 Å². The van der Waals surface area contributed by atoms with Gasteiger partial charge in [-0.05, 0) is 11.1 Å². The second kappa shape index (κ2) is 7.26. The summed E-state index contributed by atoms with van der Waals surface area (Å²) >= 11 is 0.869. The molecular weight excluding hydrogens is 376 g/mol. The van der Waals surface area contributed by atoms with Gasteiger partial charge in [0.25, 0.3) is 0 Å². The fraction of sp³-hybridized carbons (Fsp3) is 0.188. The summed E-state index contributed by atoms with van der Waals surface area (Å²) in [6.07, 6.45) is 6.37. The van der Waals surface area contributed by atoms with Crippen molar-refractivity contribution >= 4 is 31.9 Å². The van der Waals surface area contributed by atoms with Crippen LogP contribution in [0.25, 0.3) is 0 Å². The minimum Gasteiger partial charge on any atom is -0.367 e. The monoisotopic (exact) mass is 392 g/mol. The Bertz CT molecular complexity index is 1010. The van der Waals surface area contributed by atoms with Gasteiger partial charge in [-0.25, -0.2) is 13.4 Å². The average molecular weight is 392 g/mol. The van der Waals surface area contributed by atoms with E-state index in [9.17, 15) is 18.5 Å². The predicted molar refractivity (Wildman–Crippen MR) is 99.2 cm³/mol. The van der Waals surface area contributed by atoms with Crippen molar-refractivity contribution in [2.75, 3.05) is 11.6 Å². The maximum Gasteiger partial charge on any atom is 0.304 e. The van der Waals surface area contributed by atoms with Crippen LogP contribution in [0.3, 0.4) is 0 Å². The molecule has 0 radical (unpaired) electrons. The van der Waals surface area contributed by atoms with Crippen LogP contribution in [0.5, 0.6) is 0 Å². The van der Waals surface area contributed by atoms with E-state index in [2.05, 4.69) is 10.3 Å². The van der Waals surface area contributed by atoms with E-state index in [0.29, 0.717) is 13.1 Å². The molecule has 0 unspecified atom stereocenters. The third kappa shape index (κ3) is 4.27. The molecule has 1 N–H and O–H groups in total. The van der Waals surface area contributed by atoms with Crippen molar-refractivity contribution in [2.45, 2.75) is 17.3 Å². The molecule has 1 aromatic carbocycles. The molecule has 3 aromatic rings. The number of rotatable bonds is 7. The fourth-order valence-electron chi connectivity index (χ4n) is 2.34. The second-order valence-electron chi connectivity index (χ2n) is 5.71. The van der Waals surface area contributed by atoms with E-state index in [0.717, 1.165) is 34.8 Å². The van der Waals surface area contributed by atoms with Gasteiger partial charge in [0.05, 0.1) is 11.3 Å². The Morgan fingerprint density at radius 3 is 2.54 bits per heavy atom. The van der Waals surface area contributed by atoms with E-state index >= 15 is 0 Å².